The van der Waals surface area contributed by atoms with Crippen LogP contribution in [0.4, 0.5) is 0 Å². The summed E-state index contributed by atoms with van der Waals surface area (Å²) in [5.74, 6) is -0.105. The number of carbonyl (C=O) groups excluding carboxylic acids is 2. The van der Waals surface area contributed by atoms with Gasteiger partial charge in [0.1, 0.15) is 0 Å². The van der Waals surface area contributed by atoms with E-state index in [1.807, 2.05) is 22.6 Å². The van der Waals surface area contributed by atoms with E-state index in [0.29, 0.717) is 17.5 Å². The second-order valence-electron chi connectivity index (χ2n) is 2.84. The van der Waals surface area contributed by atoms with Gasteiger partial charge in [-0.05, 0) is 19.3 Å². The predicted molar refractivity (Wildman–Crippen MR) is 62.4 cm³/mol. The summed E-state index contributed by atoms with van der Waals surface area (Å²) in [4.78, 5) is 21.5. The predicted octanol–water partition coefficient (Wildman–Crippen LogP) is 1.27. The van der Waals surface area contributed by atoms with E-state index in [0.717, 1.165) is 19.3 Å². The van der Waals surface area contributed by atoms with Gasteiger partial charge in [-0.1, -0.05) is 22.6 Å². The van der Waals surface area contributed by atoms with Crippen molar-refractivity contribution >= 4 is 34.5 Å². The van der Waals surface area contributed by atoms with Gasteiger partial charge in [0.15, 0.2) is 0 Å². The molecule has 0 aliphatic carbocycles. The molecule has 0 aromatic heterocycles. The minimum absolute atomic E-state index is 0.0641. The molecule has 5 heteroatoms. The van der Waals surface area contributed by atoms with Crippen LogP contribution in [0.15, 0.2) is 0 Å². The highest BCUT2D eigenvalue weighted by Crippen LogP contribution is 2.00. The molecule has 0 bridgehead atoms. The van der Waals surface area contributed by atoms with Gasteiger partial charge in [-0.25, -0.2) is 0 Å². The molecule has 0 aromatic carbocycles. The van der Waals surface area contributed by atoms with Crippen LogP contribution >= 0.6 is 22.6 Å². The Labute approximate surface area is 97.9 Å². The van der Waals surface area contributed by atoms with Crippen LogP contribution in [0.25, 0.3) is 0 Å². The fourth-order valence-electron chi connectivity index (χ4n) is 0.914. The van der Waals surface area contributed by atoms with Crippen LogP contribution in [0, 0.1) is 0 Å². The highest BCUT2D eigenvalue weighted by molar-refractivity contribution is 14.1. The number of nitrogens with one attached hydrogen (secondary N) is 1. The minimum atomic E-state index is -0.170. The summed E-state index contributed by atoms with van der Waals surface area (Å²) in [6.45, 7) is 0.468. The van der Waals surface area contributed by atoms with Gasteiger partial charge < -0.3 is 10.1 Å². The maximum absolute atomic E-state index is 10.8. The van der Waals surface area contributed by atoms with E-state index in [2.05, 4.69) is 5.32 Å². The molecule has 0 heterocycles. The molecule has 0 radical (unpaired) electrons. The number of hydrogen-bond donors (Lipinski definition) is 1. The molecular formula is C9H16INO3. The third-order valence-electron chi connectivity index (χ3n) is 1.70. The Morgan fingerprint density at radius 1 is 1.29 bits per heavy atom. The topological polar surface area (TPSA) is 55.4 Å². The van der Waals surface area contributed by atoms with Crippen molar-refractivity contribution < 1.29 is 14.3 Å². The van der Waals surface area contributed by atoms with Gasteiger partial charge in [0.05, 0.1) is 11.0 Å². The number of carbonyl (C=O) groups is 2. The summed E-state index contributed by atoms with van der Waals surface area (Å²) < 4.78 is 5.28. The van der Waals surface area contributed by atoms with Crippen molar-refractivity contribution in [2.45, 2.75) is 25.7 Å². The Balaban J connectivity index is 3.14. The zero-order valence-electron chi connectivity index (χ0n) is 8.35. The molecule has 0 aromatic rings. The molecule has 0 spiro atoms. The van der Waals surface area contributed by atoms with E-state index in [9.17, 15) is 9.59 Å². The van der Waals surface area contributed by atoms with Gasteiger partial charge in [0.25, 0.3) is 0 Å². The maximum Gasteiger partial charge on any atom is 0.315 e. The van der Waals surface area contributed by atoms with Crippen LogP contribution in [0.3, 0.4) is 0 Å². The zero-order chi connectivity index (χ0) is 10.8. The first-order chi connectivity index (χ1) is 6.70. The van der Waals surface area contributed by atoms with E-state index in [1.165, 1.54) is 0 Å². The first kappa shape index (κ1) is 13.7. The van der Waals surface area contributed by atoms with Crippen LogP contribution in [-0.2, 0) is 14.3 Å². The van der Waals surface area contributed by atoms with Crippen LogP contribution in [0.5, 0.6) is 0 Å². The van der Waals surface area contributed by atoms with Crippen molar-refractivity contribution in [2.75, 3.05) is 18.1 Å². The summed E-state index contributed by atoms with van der Waals surface area (Å²) in [5, 5.41) is 2.56. The number of hydrogen-bond acceptors (Lipinski definition) is 3. The summed E-state index contributed by atoms with van der Waals surface area (Å²) in [6.07, 6.45) is 3.15. The molecule has 4 nitrogen and oxygen atoms in total. The molecule has 14 heavy (non-hydrogen) atoms. The van der Waals surface area contributed by atoms with Crippen LogP contribution in [0.2, 0.25) is 0 Å². The van der Waals surface area contributed by atoms with E-state index >= 15 is 0 Å². The van der Waals surface area contributed by atoms with Crippen LogP contribution < -0.4 is 5.32 Å². The standard InChI is InChI=1S/C9H16INO3/c1-11-8(12)5-3-2-4-6-14-9(13)7-10/h2-7H2,1H3,(H,11,12). The molecule has 0 atom stereocenters. The summed E-state index contributed by atoms with van der Waals surface area (Å²) in [5.41, 5.74) is 0. The summed E-state index contributed by atoms with van der Waals surface area (Å²) in [7, 11) is 1.63. The normalized spacial score (nSPS) is 9.57. The van der Waals surface area contributed by atoms with E-state index < -0.39 is 0 Å². The number of amides is 1. The Kier molecular flexibility index (Phi) is 9.02. The molecule has 0 saturated heterocycles. The molecule has 1 N–H and O–H groups in total. The highest BCUT2D eigenvalue weighted by Gasteiger charge is 1.99. The third-order valence-corrected chi connectivity index (χ3v) is 2.32. The van der Waals surface area contributed by atoms with Gasteiger partial charge in [-0.3, -0.25) is 9.59 Å². The van der Waals surface area contributed by atoms with E-state index in [1.54, 1.807) is 7.05 Å². The molecule has 1 amide bonds. The SMILES string of the molecule is CNC(=O)CCCCCOC(=O)CI. The highest BCUT2D eigenvalue weighted by atomic mass is 127. The Bertz CT molecular complexity index is 165. The smallest absolute Gasteiger partial charge is 0.315 e. The summed E-state index contributed by atoms with van der Waals surface area (Å²) >= 11 is 1.97. The molecule has 0 fully saturated rings. The second kappa shape index (κ2) is 9.23. The molecule has 0 saturated carbocycles. The van der Waals surface area contributed by atoms with Crippen molar-refractivity contribution in [1.29, 1.82) is 0 Å². The molecule has 82 valence electrons. The molecule has 0 aliphatic rings. The Hall–Kier alpha value is -0.330. The fourth-order valence-corrected chi connectivity index (χ4v) is 1.13. The van der Waals surface area contributed by atoms with Gasteiger partial charge in [0, 0.05) is 13.5 Å². The number of alkyl halides is 1. The monoisotopic (exact) mass is 313 g/mol. The Morgan fingerprint density at radius 2 is 2.00 bits per heavy atom. The molecular weight excluding hydrogens is 297 g/mol. The minimum Gasteiger partial charge on any atom is -0.465 e. The molecule has 0 rings (SSSR count). The largest absolute Gasteiger partial charge is 0.465 e. The van der Waals surface area contributed by atoms with E-state index in [-0.39, 0.29) is 11.9 Å². The van der Waals surface area contributed by atoms with Gasteiger partial charge >= 0.3 is 5.97 Å². The quantitative estimate of drug-likeness (QED) is 0.333. The fraction of sp³-hybridized carbons (Fsp3) is 0.778. The molecule has 0 aliphatic heterocycles. The van der Waals surface area contributed by atoms with Crippen molar-refractivity contribution in [2.24, 2.45) is 0 Å². The lowest BCUT2D eigenvalue weighted by Gasteiger charge is -2.02. The number of ether oxygens (including phenoxy) is 1. The second-order valence-corrected chi connectivity index (χ2v) is 3.60. The maximum atomic E-state index is 10.8. The first-order valence-electron chi connectivity index (χ1n) is 4.63. The third kappa shape index (κ3) is 8.28. The van der Waals surface area contributed by atoms with E-state index in [4.69, 9.17) is 4.74 Å². The lowest BCUT2D eigenvalue weighted by molar-refractivity contribution is -0.140. The van der Waals surface area contributed by atoms with Gasteiger partial charge in [-0.2, -0.15) is 0 Å². The van der Waals surface area contributed by atoms with Gasteiger partial charge in [0.2, 0.25) is 5.91 Å². The molecule has 0 unspecified atom stereocenters. The lowest BCUT2D eigenvalue weighted by Crippen LogP contribution is -2.17. The number of esters is 1. The van der Waals surface area contributed by atoms with Crippen molar-refractivity contribution in [3.8, 4) is 0 Å². The van der Waals surface area contributed by atoms with Gasteiger partial charge in [-0.15, -0.1) is 0 Å². The van der Waals surface area contributed by atoms with Crippen molar-refractivity contribution in [3.05, 3.63) is 0 Å². The average Bonchev–Trinajstić information content (AvgIpc) is 2.22. The lowest BCUT2D eigenvalue weighted by atomic mass is 10.2. The first-order valence-corrected chi connectivity index (χ1v) is 6.15. The Morgan fingerprint density at radius 3 is 2.57 bits per heavy atom. The summed E-state index contributed by atoms with van der Waals surface area (Å²) in [6, 6.07) is 0. The van der Waals surface area contributed by atoms with Crippen LogP contribution in [-0.4, -0.2) is 30.0 Å². The zero-order valence-corrected chi connectivity index (χ0v) is 10.5. The number of rotatable bonds is 7. The van der Waals surface area contributed by atoms with Crippen LogP contribution in [0.1, 0.15) is 25.7 Å². The number of halogens is 1. The van der Waals surface area contributed by atoms with Crippen molar-refractivity contribution in [1.82, 2.24) is 5.32 Å². The van der Waals surface area contributed by atoms with Crippen molar-refractivity contribution in [3.63, 3.8) is 0 Å². The average molecular weight is 313 g/mol. The number of unbranched alkanes of at least 4 members (excludes halogenated alkanes) is 2.